The molecular weight excluding hydrogens is 597 g/mol. The molecule has 0 spiro atoms. The molecule has 0 amide bonds. The van der Waals surface area contributed by atoms with Gasteiger partial charge in [-0.15, -0.1) is 0 Å². The van der Waals surface area contributed by atoms with Crippen molar-refractivity contribution in [3.05, 3.63) is 163 Å². The Labute approximate surface area is 285 Å². The molecule has 0 atom stereocenters. The predicted octanol–water partition coefficient (Wildman–Crippen LogP) is 11.6. The van der Waals surface area contributed by atoms with Gasteiger partial charge in [-0.25, -0.2) is 4.98 Å². The summed E-state index contributed by atoms with van der Waals surface area (Å²) in [5, 5.41) is 3.72. The number of imidazole rings is 1. The second kappa shape index (κ2) is 11.0. The number of anilines is 3. The number of para-hydroxylation sites is 3. The average molecular weight is 631 g/mol. The van der Waals surface area contributed by atoms with Gasteiger partial charge < -0.3 is 9.47 Å². The Morgan fingerprint density at radius 1 is 0.612 bits per heavy atom. The van der Waals surface area contributed by atoms with E-state index < -0.39 is 0 Å². The Morgan fingerprint density at radius 3 is 2.12 bits per heavy atom. The number of hydrogen-bond donors (Lipinski definition) is 0. The monoisotopic (exact) mass is 630 g/mol. The molecule has 49 heavy (non-hydrogen) atoms. The lowest BCUT2D eigenvalue weighted by Crippen LogP contribution is -2.11. The highest BCUT2D eigenvalue weighted by molar-refractivity contribution is 6.13. The molecule has 234 valence electrons. The van der Waals surface area contributed by atoms with E-state index in [4.69, 9.17) is 4.98 Å². The first-order chi connectivity index (χ1) is 24.3. The molecule has 0 N–H and O–H groups in total. The quantitative estimate of drug-likeness (QED) is 0.193. The molecule has 0 radical (unpaired) electrons. The number of nitrogens with zero attached hydrogens (tertiary/aromatic N) is 4. The highest BCUT2D eigenvalue weighted by atomic mass is 15.2. The molecular formula is C45H34N4. The smallest absolute Gasteiger partial charge is 0.113 e. The van der Waals surface area contributed by atoms with E-state index in [1.165, 1.54) is 61.1 Å². The molecule has 0 bridgehead atoms. The van der Waals surface area contributed by atoms with Crippen molar-refractivity contribution in [2.45, 2.75) is 26.2 Å². The Hall–Kier alpha value is -6.13. The zero-order chi connectivity index (χ0) is 32.5. The Balaban J connectivity index is 1.21. The van der Waals surface area contributed by atoms with Crippen molar-refractivity contribution < 1.29 is 0 Å². The van der Waals surface area contributed by atoms with Gasteiger partial charge in [0.25, 0.3) is 0 Å². The van der Waals surface area contributed by atoms with Gasteiger partial charge in [-0.3, -0.25) is 4.57 Å². The van der Waals surface area contributed by atoms with Gasteiger partial charge in [-0.1, -0.05) is 97.9 Å². The third-order valence-electron chi connectivity index (χ3n) is 10.2. The molecule has 0 unspecified atom stereocenters. The first-order valence-electron chi connectivity index (χ1n) is 17.3. The summed E-state index contributed by atoms with van der Waals surface area (Å²) in [5.74, 6) is 1.11. The summed E-state index contributed by atoms with van der Waals surface area (Å²) < 4.78 is 4.81. The molecule has 1 aliphatic carbocycles. The molecule has 6 aromatic carbocycles. The Kier molecular flexibility index (Phi) is 6.25. The molecule has 4 heteroatoms. The number of rotatable bonds is 4. The molecule has 0 saturated heterocycles. The summed E-state index contributed by atoms with van der Waals surface area (Å²) in [6.45, 7) is 2.19. The van der Waals surface area contributed by atoms with Crippen LogP contribution in [0.15, 0.2) is 146 Å². The molecule has 0 saturated carbocycles. The van der Waals surface area contributed by atoms with Crippen LogP contribution < -0.4 is 4.90 Å². The molecule has 3 heterocycles. The van der Waals surface area contributed by atoms with Crippen molar-refractivity contribution in [3.8, 4) is 33.8 Å². The number of hydrogen-bond acceptors (Lipinski definition) is 2. The minimum atomic E-state index is 0.891. The summed E-state index contributed by atoms with van der Waals surface area (Å²) in [7, 11) is 0. The third-order valence-corrected chi connectivity index (χ3v) is 10.2. The van der Waals surface area contributed by atoms with Crippen LogP contribution in [0.3, 0.4) is 0 Å². The Bertz CT molecular complexity index is 2600. The zero-order valence-corrected chi connectivity index (χ0v) is 27.3. The summed E-state index contributed by atoms with van der Waals surface area (Å²) in [6.07, 6.45) is 7.46. The van der Waals surface area contributed by atoms with Crippen LogP contribution in [-0.4, -0.2) is 14.1 Å². The first-order valence-corrected chi connectivity index (χ1v) is 17.3. The van der Waals surface area contributed by atoms with E-state index >= 15 is 0 Å². The van der Waals surface area contributed by atoms with Gasteiger partial charge in [0.15, 0.2) is 0 Å². The van der Waals surface area contributed by atoms with Crippen molar-refractivity contribution >= 4 is 44.8 Å². The lowest BCUT2D eigenvalue weighted by atomic mass is 9.98. The Morgan fingerprint density at radius 2 is 1.29 bits per heavy atom. The fraction of sp³-hybridized carbons (Fsp3) is 0.0889. The molecule has 2 aliphatic rings. The molecule has 10 rings (SSSR count). The van der Waals surface area contributed by atoms with Crippen LogP contribution in [0.4, 0.5) is 17.1 Å². The fourth-order valence-electron chi connectivity index (χ4n) is 8.09. The summed E-state index contributed by atoms with van der Waals surface area (Å²) in [5.41, 5.74) is 14.3. The standard InChI is InChI=1S/C45H34N4/c1-2-43-46-38-18-8-12-22-42(38)48(43)33-27-25-32(26-28-33)47-39-19-9-5-15-35(39)44-36-16-6-10-20-40(36)49(45(44)37-17-7-11-21-41(37)47)34-24-23-30-13-3-4-14-31(30)29-34/h3-7,9-17,19-29H,2,8,18H2,1H3. The van der Waals surface area contributed by atoms with Crippen molar-refractivity contribution in [2.75, 3.05) is 4.90 Å². The largest absolute Gasteiger partial charge is 0.309 e. The van der Waals surface area contributed by atoms with Crippen molar-refractivity contribution in [1.29, 1.82) is 0 Å². The van der Waals surface area contributed by atoms with Gasteiger partial charge >= 0.3 is 0 Å². The summed E-state index contributed by atoms with van der Waals surface area (Å²) in [4.78, 5) is 7.46. The highest BCUT2D eigenvalue weighted by Gasteiger charge is 2.31. The van der Waals surface area contributed by atoms with E-state index in [0.717, 1.165) is 47.8 Å². The second-order valence-electron chi connectivity index (χ2n) is 13.0. The van der Waals surface area contributed by atoms with E-state index in [1.807, 2.05) is 0 Å². The number of fused-ring (bicyclic) bond motifs is 9. The number of aryl methyl sites for hydroxylation is 2. The summed E-state index contributed by atoms with van der Waals surface area (Å²) in [6, 6.07) is 51.1. The van der Waals surface area contributed by atoms with Gasteiger partial charge in [0.05, 0.1) is 34.0 Å². The fourth-order valence-corrected chi connectivity index (χ4v) is 8.09. The number of benzene rings is 6. The number of allylic oxidation sites excluding steroid dienone is 1. The van der Waals surface area contributed by atoms with Crippen molar-refractivity contribution in [2.24, 2.45) is 0 Å². The molecule has 8 aromatic rings. The van der Waals surface area contributed by atoms with Crippen LogP contribution in [0.5, 0.6) is 0 Å². The van der Waals surface area contributed by atoms with Crippen LogP contribution in [0.25, 0.3) is 61.5 Å². The zero-order valence-electron chi connectivity index (χ0n) is 27.3. The van der Waals surface area contributed by atoms with E-state index in [9.17, 15) is 0 Å². The maximum Gasteiger partial charge on any atom is 0.113 e. The normalized spacial score (nSPS) is 13.2. The maximum atomic E-state index is 5.02. The SMILES string of the molecule is CCc1nc2c(n1-c1ccc(N3c4ccccc4-c4c(n(-c5ccc6ccccc6c5)c5ccccc45)-c4ccccc43)cc1)C=CCC2. The van der Waals surface area contributed by atoms with Crippen LogP contribution >= 0.6 is 0 Å². The molecule has 1 aliphatic heterocycles. The van der Waals surface area contributed by atoms with E-state index in [0.29, 0.717) is 0 Å². The van der Waals surface area contributed by atoms with Gasteiger partial charge in [0.2, 0.25) is 0 Å². The topological polar surface area (TPSA) is 26.0 Å². The van der Waals surface area contributed by atoms with Crippen LogP contribution in [0, 0.1) is 0 Å². The third kappa shape index (κ3) is 4.20. The lowest BCUT2D eigenvalue weighted by Gasteiger charge is -2.28. The predicted molar refractivity (Wildman–Crippen MR) is 204 cm³/mol. The number of aromatic nitrogens is 3. The summed E-state index contributed by atoms with van der Waals surface area (Å²) >= 11 is 0. The first kappa shape index (κ1) is 27.9. The van der Waals surface area contributed by atoms with E-state index in [1.54, 1.807) is 0 Å². The molecule has 0 fully saturated rings. The lowest BCUT2D eigenvalue weighted by molar-refractivity contribution is 0.884. The van der Waals surface area contributed by atoms with Crippen molar-refractivity contribution in [3.63, 3.8) is 0 Å². The van der Waals surface area contributed by atoms with Gasteiger partial charge in [0, 0.05) is 45.6 Å². The van der Waals surface area contributed by atoms with E-state index in [2.05, 4.69) is 173 Å². The van der Waals surface area contributed by atoms with Crippen LogP contribution in [0.2, 0.25) is 0 Å². The molecule has 4 nitrogen and oxygen atoms in total. The maximum absolute atomic E-state index is 5.02. The second-order valence-corrected chi connectivity index (χ2v) is 13.0. The molecule has 2 aromatic heterocycles. The minimum Gasteiger partial charge on any atom is -0.309 e. The average Bonchev–Trinajstić information content (AvgIpc) is 3.68. The minimum absolute atomic E-state index is 0.891. The van der Waals surface area contributed by atoms with Crippen LogP contribution in [0.1, 0.15) is 30.6 Å². The van der Waals surface area contributed by atoms with E-state index in [-0.39, 0.29) is 0 Å². The van der Waals surface area contributed by atoms with Crippen LogP contribution in [-0.2, 0) is 12.8 Å². The highest BCUT2D eigenvalue weighted by Crippen LogP contribution is 2.54. The van der Waals surface area contributed by atoms with Gasteiger partial charge in [-0.2, -0.15) is 0 Å². The van der Waals surface area contributed by atoms with Crippen molar-refractivity contribution in [1.82, 2.24) is 14.1 Å². The van der Waals surface area contributed by atoms with Gasteiger partial charge in [-0.05, 0) is 84.3 Å². The van der Waals surface area contributed by atoms with Gasteiger partial charge in [0.1, 0.15) is 5.82 Å².